The summed E-state index contributed by atoms with van der Waals surface area (Å²) < 4.78 is 5.52. The predicted octanol–water partition coefficient (Wildman–Crippen LogP) is 3.18. The summed E-state index contributed by atoms with van der Waals surface area (Å²) in [6.07, 6.45) is 0. The molecule has 2 aromatic rings. The molecule has 118 valence electrons. The number of likely N-dealkylation sites (N-methyl/N-ethyl adjacent to an activating group) is 1. The third-order valence-electron chi connectivity index (χ3n) is 3.38. The van der Waals surface area contributed by atoms with E-state index in [1.165, 1.54) is 4.88 Å². The number of rotatable bonds is 7. The molecule has 0 bridgehead atoms. The average Bonchev–Trinajstić information content (AvgIpc) is 3.02. The first-order valence-electron chi connectivity index (χ1n) is 7.33. The smallest absolute Gasteiger partial charge is 0.255 e. The maximum Gasteiger partial charge on any atom is 0.255 e. The predicted molar refractivity (Wildman–Crippen MR) is 90.7 cm³/mol. The van der Waals surface area contributed by atoms with Crippen molar-refractivity contribution in [3.63, 3.8) is 0 Å². The zero-order valence-corrected chi connectivity index (χ0v) is 14.0. The van der Waals surface area contributed by atoms with Crippen LogP contribution in [0.4, 0.5) is 0 Å². The van der Waals surface area contributed by atoms with E-state index in [1.807, 2.05) is 45.3 Å². The van der Waals surface area contributed by atoms with Crippen LogP contribution >= 0.6 is 11.3 Å². The zero-order chi connectivity index (χ0) is 15.9. The number of nitrogens with zero attached hydrogens (tertiary/aromatic N) is 1. The van der Waals surface area contributed by atoms with E-state index in [-0.39, 0.29) is 11.9 Å². The van der Waals surface area contributed by atoms with E-state index in [9.17, 15) is 4.79 Å². The van der Waals surface area contributed by atoms with Gasteiger partial charge in [0.2, 0.25) is 0 Å². The minimum atomic E-state index is -0.104. The molecule has 2 rings (SSSR count). The normalized spacial score (nSPS) is 12.2. The van der Waals surface area contributed by atoms with Crippen LogP contribution in [0.5, 0.6) is 5.75 Å². The van der Waals surface area contributed by atoms with Crippen LogP contribution in [0, 0.1) is 0 Å². The van der Waals surface area contributed by atoms with Gasteiger partial charge in [0.05, 0.1) is 18.2 Å². The number of para-hydroxylation sites is 1. The Morgan fingerprint density at radius 3 is 2.68 bits per heavy atom. The average molecular weight is 318 g/mol. The van der Waals surface area contributed by atoms with Gasteiger partial charge in [-0.25, -0.2) is 0 Å². The van der Waals surface area contributed by atoms with Crippen LogP contribution in [-0.2, 0) is 0 Å². The van der Waals surface area contributed by atoms with E-state index in [1.54, 1.807) is 17.4 Å². The van der Waals surface area contributed by atoms with Gasteiger partial charge in [0, 0.05) is 11.4 Å². The molecule has 0 unspecified atom stereocenters. The zero-order valence-electron chi connectivity index (χ0n) is 13.2. The maximum absolute atomic E-state index is 12.4. The first-order chi connectivity index (χ1) is 10.6. The van der Waals surface area contributed by atoms with Crippen LogP contribution in [0.15, 0.2) is 41.8 Å². The highest BCUT2D eigenvalue weighted by molar-refractivity contribution is 7.10. The Morgan fingerprint density at radius 2 is 2.05 bits per heavy atom. The fraction of sp³-hybridized carbons (Fsp3) is 0.353. The largest absolute Gasteiger partial charge is 0.493 e. The number of ether oxygens (including phenoxy) is 1. The van der Waals surface area contributed by atoms with E-state index in [4.69, 9.17) is 4.74 Å². The van der Waals surface area contributed by atoms with Crippen molar-refractivity contribution in [2.45, 2.75) is 13.0 Å². The van der Waals surface area contributed by atoms with E-state index in [0.717, 1.165) is 0 Å². The summed E-state index contributed by atoms with van der Waals surface area (Å²) in [5, 5.41) is 5.07. The molecule has 1 aromatic heterocycles. The molecule has 1 heterocycles. The lowest BCUT2D eigenvalue weighted by atomic mass is 10.1. The van der Waals surface area contributed by atoms with Crippen molar-refractivity contribution in [2.75, 3.05) is 27.2 Å². The summed E-state index contributed by atoms with van der Waals surface area (Å²) in [6.45, 7) is 3.01. The Bertz CT molecular complexity index is 596. The molecule has 1 aromatic carbocycles. The van der Waals surface area contributed by atoms with Crippen molar-refractivity contribution in [1.82, 2.24) is 10.2 Å². The molecule has 1 N–H and O–H groups in total. The van der Waals surface area contributed by atoms with Crippen molar-refractivity contribution in [3.05, 3.63) is 52.2 Å². The lowest BCUT2D eigenvalue weighted by Gasteiger charge is -2.23. The second-order valence-corrected chi connectivity index (χ2v) is 6.11. The molecule has 4 nitrogen and oxygen atoms in total. The van der Waals surface area contributed by atoms with Gasteiger partial charge in [-0.3, -0.25) is 4.79 Å². The van der Waals surface area contributed by atoms with Crippen molar-refractivity contribution in [3.8, 4) is 5.75 Å². The van der Waals surface area contributed by atoms with Crippen molar-refractivity contribution >= 4 is 17.2 Å². The summed E-state index contributed by atoms with van der Waals surface area (Å²) in [7, 11) is 4.04. The number of amides is 1. The summed E-state index contributed by atoms with van der Waals surface area (Å²) in [5.41, 5.74) is 0.577. The Kier molecular flexibility index (Phi) is 5.98. The van der Waals surface area contributed by atoms with Crippen molar-refractivity contribution in [1.29, 1.82) is 0 Å². The Morgan fingerprint density at radius 1 is 1.27 bits per heavy atom. The fourth-order valence-corrected chi connectivity index (χ4v) is 3.16. The van der Waals surface area contributed by atoms with E-state index in [0.29, 0.717) is 24.5 Å². The van der Waals surface area contributed by atoms with E-state index >= 15 is 0 Å². The van der Waals surface area contributed by atoms with Crippen LogP contribution < -0.4 is 10.1 Å². The summed E-state index contributed by atoms with van der Waals surface area (Å²) in [6, 6.07) is 11.6. The Hall–Kier alpha value is -1.85. The first-order valence-corrected chi connectivity index (χ1v) is 8.21. The molecule has 0 saturated heterocycles. The monoisotopic (exact) mass is 318 g/mol. The Labute approximate surface area is 135 Å². The summed E-state index contributed by atoms with van der Waals surface area (Å²) in [4.78, 5) is 15.8. The van der Waals surface area contributed by atoms with Gasteiger partial charge in [-0.2, -0.15) is 0 Å². The summed E-state index contributed by atoms with van der Waals surface area (Å²) in [5.74, 6) is 0.521. The Balaban J connectivity index is 2.06. The van der Waals surface area contributed by atoms with Gasteiger partial charge in [-0.15, -0.1) is 11.3 Å². The molecule has 0 fully saturated rings. The maximum atomic E-state index is 12.4. The molecular weight excluding hydrogens is 296 g/mol. The second-order valence-electron chi connectivity index (χ2n) is 5.13. The molecule has 0 aliphatic heterocycles. The molecule has 22 heavy (non-hydrogen) atoms. The number of hydrogen-bond acceptors (Lipinski definition) is 4. The highest BCUT2D eigenvalue weighted by atomic mass is 32.1. The number of benzene rings is 1. The molecule has 1 amide bonds. The lowest BCUT2D eigenvalue weighted by molar-refractivity contribution is 0.0938. The standard InChI is InChI=1S/C17H22N2O2S/c1-4-21-15-9-6-5-8-13(15)17(20)18-12-14(19(2)3)16-10-7-11-22-16/h5-11,14H,4,12H2,1-3H3,(H,18,20)/t14-/m1/s1. The third-order valence-corrected chi connectivity index (χ3v) is 4.36. The van der Waals surface area contributed by atoms with E-state index < -0.39 is 0 Å². The minimum absolute atomic E-state index is 0.104. The topological polar surface area (TPSA) is 41.6 Å². The van der Waals surface area contributed by atoms with Crippen molar-refractivity contribution < 1.29 is 9.53 Å². The molecule has 5 heteroatoms. The van der Waals surface area contributed by atoms with Gasteiger partial charge in [0.15, 0.2) is 0 Å². The number of hydrogen-bond donors (Lipinski definition) is 1. The quantitative estimate of drug-likeness (QED) is 0.852. The van der Waals surface area contributed by atoms with Crippen LogP contribution in [0.3, 0.4) is 0 Å². The van der Waals surface area contributed by atoms with Crippen LogP contribution in [0.1, 0.15) is 28.2 Å². The number of nitrogens with one attached hydrogen (secondary N) is 1. The van der Waals surface area contributed by atoms with Gasteiger partial charge in [0.1, 0.15) is 5.75 Å². The highest BCUT2D eigenvalue weighted by Crippen LogP contribution is 2.23. The minimum Gasteiger partial charge on any atom is -0.493 e. The lowest BCUT2D eigenvalue weighted by Crippen LogP contribution is -2.34. The van der Waals surface area contributed by atoms with Crippen LogP contribution in [-0.4, -0.2) is 38.1 Å². The first kappa shape index (κ1) is 16.5. The van der Waals surface area contributed by atoms with Gasteiger partial charge >= 0.3 is 0 Å². The summed E-state index contributed by atoms with van der Waals surface area (Å²) >= 11 is 1.70. The molecule has 0 aliphatic rings. The number of carbonyl (C=O) groups excluding carboxylic acids is 1. The second kappa shape index (κ2) is 7.96. The number of thiophene rings is 1. The number of carbonyl (C=O) groups is 1. The molecule has 0 aliphatic carbocycles. The van der Waals surface area contributed by atoms with Gasteiger partial charge in [-0.1, -0.05) is 18.2 Å². The molecule has 1 atom stereocenters. The van der Waals surface area contributed by atoms with Crippen LogP contribution in [0.2, 0.25) is 0 Å². The fourth-order valence-electron chi connectivity index (χ4n) is 2.24. The SMILES string of the molecule is CCOc1ccccc1C(=O)NC[C@H](c1cccs1)N(C)C. The molecule has 0 spiro atoms. The van der Waals surface area contributed by atoms with Gasteiger partial charge in [0.25, 0.3) is 5.91 Å². The molecule has 0 saturated carbocycles. The van der Waals surface area contributed by atoms with Crippen LogP contribution in [0.25, 0.3) is 0 Å². The third kappa shape index (κ3) is 4.08. The van der Waals surface area contributed by atoms with E-state index in [2.05, 4.69) is 21.7 Å². The highest BCUT2D eigenvalue weighted by Gasteiger charge is 2.18. The van der Waals surface area contributed by atoms with Crippen molar-refractivity contribution in [2.24, 2.45) is 0 Å². The van der Waals surface area contributed by atoms with Gasteiger partial charge in [-0.05, 0) is 44.6 Å². The molecule has 0 radical (unpaired) electrons. The van der Waals surface area contributed by atoms with Gasteiger partial charge < -0.3 is 15.0 Å². The molecular formula is C17H22N2O2S.